The summed E-state index contributed by atoms with van der Waals surface area (Å²) >= 11 is 0. The zero-order valence-electron chi connectivity index (χ0n) is 9.21. The van der Waals surface area contributed by atoms with E-state index in [-0.39, 0.29) is 6.17 Å². The van der Waals surface area contributed by atoms with Gasteiger partial charge in [0, 0.05) is 12.6 Å². The molecule has 2 fully saturated rings. The molecule has 1 unspecified atom stereocenters. The van der Waals surface area contributed by atoms with Crippen LogP contribution in [0.4, 0.5) is 0 Å². The molecular formula is C10H22N4. The first-order valence-electron chi connectivity index (χ1n) is 5.58. The number of hydrogen-bond acceptors (Lipinski definition) is 4. The lowest BCUT2D eigenvalue weighted by molar-refractivity contribution is 0.0984. The minimum Gasteiger partial charge on any atom is -0.314 e. The quantitative estimate of drug-likeness (QED) is 0.437. The van der Waals surface area contributed by atoms with E-state index in [1.165, 1.54) is 25.7 Å². The van der Waals surface area contributed by atoms with Crippen molar-refractivity contribution in [1.82, 2.24) is 15.8 Å². The molecule has 2 aliphatic rings. The lowest BCUT2D eigenvalue weighted by atomic mass is 9.88. The third-order valence-corrected chi connectivity index (χ3v) is 3.80. The Morgan fingerprint density at radius 2 is 2.29 bits per heavy atom. The van der Waals surface area contributed by atoms with Crippen molar-refractivity contribution in [2.24, 2.45) is 11.7 Å². The van der Waals surface area contributed by atoms with Crippen molar-refractivity contribution in [2.75, 3.05) is 20.6 Å². The van der Waals surface area contributed by atoms with Crippen molar-refractivity contribution < 1.29 is 0 Å². The van der Waals surface area contributed by atoms with Gasteiger partial charge in [-0.05, 0) is 45.2 Å². The fraction of sp³-hybridized carbons (Fsp3) is 1.00. The number of rotatable bonds is 3. The molecule has 0 amide bonds. The number of nitrogens with two attached hydrogens (primary N) is 1. The van der Waals surface area contributed by atoms with Crippen molar-refractivity contribution in [3.05, 3.63) is 0 Å². The molecule has 82 valence electrons. The molecule has 2 atom stereocenters. The molecule has 0 aromatic rings. The van der Waals surface area contributed by atoms with E-state index >= 15 is 0 Å². The normalized spacial score (nSPS) is 32.1. The summed E-state index contributed by atoms with van der Waals surface area (Å²) < 4.78 is 0. The molecule has 1 spiro atoms. The zero-order valence-corrected chi connectivity index (χ0v) is 9.21. The van der Waals surface area contributed by atoms with Gasteiger partial charge in [0.1, 0.15) is 0 Å². The molecule has 4 heteroatoms. The topological polar surface area (TPSA) is 53.3 Å². The summed E-state index contributed by atoms with van der Waals surface area (Å²) in [5.41, 5.74) is 9.77. The van der Waals surface area contributed by atoms with Crippen LogP contribution in [0.2, 0.25) is 0 Å². The predicted molar refractivity (Wildman–Crippen MR) is 57.5 cm³/mol. The Morgan fingerprint density at radius 1 is 1.57 bits per heavy atom. The largest absolute Gasteiger partial charge is 0.314 e. The highest BCUT2D eigenvalue weighted by atomic mass is 15.5. The number of nitrogens with one attached hydrogen (secondary N) is 2. The van der Waals surface area contributed by atoms with Crippen molar-refractivity contribution in [1.29, 1.82) is 0 Å². The van der Waals surface area contributed by atoms with Crippen LogP contribution in [0.3, 0.4) is 0 Å². The second-order valence-electron chi connectivity index (χ2n) is 4.79. The molecule has 1 aliphatic heterocycles. The summed E-state index contributed by atoms with van der Waals surface area (Å²) in [6.07, 6.45) is 5.30. The number of hydrogen-bond donors (Lipinski definition) is 3. The minimum absolute atomic E-state index is 0.152. The summed E-state index contributed by atoms with van der Waals surface area (Å²) in [5, 5.41) is 5.64. The second kappa shape index (κ2) is 3.77. The lowest BCUT2D eigenvalue weighted by Crippen LogP contribution is -2.54. The summed E-state index contributed by atoms with van der Waals surface area (Å²) in [6.45, 7) is 1.13. The van der Waals surface area contributed by atoms with Crippen LogP contribution in [0, 0.1) is 5.92 Å². The van der Waals surface area contributed by atoms with Gasteiger partial charge < -0.3 is 11.1 Å². The SMILES string of the molecule is CNN(C)C(N)[C@@H]1CCNC2(CC2)C1. The lowest BCUT2D eigenvalue weighted by Gasteiger charge is -2.37. The standard InChI is InChI=1S/C10H22N4/c1-12-14(2)9(11)8-3-6-13-10(7-8)4-5-10/h8-9,12-13H,3-7,11H2,1-2H3/t8-,9?/m1/s1. The molecule has 1 aliphatic carbocycles. The molecule has 1 saturated heterocycles. The first kappa shape index (κ1) is 10.4. The van der Waals surface area contributed by atoms with Crippen LogP contribution in [-0.4, -0.2) is 37.4 Å². The van der Waals surface area contributed by atoms with Crippen LogP contribution < -0.4 is 16.5 Å². The van der Waals surface area contributed by atoms with Gasteiger partial charge in [-0.25, -0.2) is 5.01 Å². The van der Waals surface area contributed by atoms with Crippen LogP contribution in [0.1, 0.15) is 25.7 Å². The zero-order chi connectivity index (χ0) is 10.2. The molecule has 1 saturated carbocycles. The summed E-state index contributed by atoms with van der Waals surface area (Å²) in [5.74, 6) is 0.635. The summed E-state index contributed by atoms with van der Waals surface area (Å²) in [4.78, 5) is 0. The van der Waals surface area contributed by atoms with E-state index in [2.05, 4.69) is 10.7 Å². The Labute approximate surface area is 86.2 Å². The van der Waals surface area contributed by atoms with Gasteiger partial charge in [-0.15, -0.1) is 0 Å². The van der Waals surface area contributed by atoms with Crippen molar-refractivity contribution in [3.63, 3.8) is 0 Å². The maximum atomic E-state index is 6.19. The maximum Gasteiger partial charge on any atom is 0.0734 e. The van der Waals surface area contributed by atoms with E-state index in [9.17, 15) is 0 Å². The van der Waals surface area contributed by atoms with Crippen molar-refractivity contribution >= 4 is 0 Å². The van der Waals surface area contributed by atoms with Gasteiger partial charge in [0.25, 0.3) is 0 Å². The van der Waals surface area contributed by atoms with Gasteiger partial charge >= 0.3 is 0 Å². The number of hydrazine groups is 1. The highest BCUT2D eigenvalue weighted by Crippen LogP contribution is 2.44. The minimum atomic E-state index is 0.152. The van der Waals surface area contributed by atoms with E-state index in [1.54, 1.807) is 0 Å². The molecule has 0 aromatic heterocycles. The predicted octanol–water partition coefficient (Wildman–Crippen LogP) is -0.130. The van der Waals surface area contributed by atoms with Gasteiger partial charge in [-0.2, -0.15) is 0 Å². The van der Waals surface area contributed by atoms with Gasteiger partial charge in [-0.1, -0.05) is 0 Å². The fourth-order valence-corrected chi connectivity index (χ4v) is 2.49. The summed E-state index contributed by atoms with van der Waals surface area (Å²) in [7, 11) is 3.94. The smallest absolute Gasteiger partial charge is 0.0734 e. The Balaban J connectivity index is 1.90. The molecule has 0 bridgehead atoms. The Kier molecular flexibility index (Phi) is 2.79. The van der Waals surface area contributed by atoms with Crippen LogP contribution in [0.5, 0.6) is 0 Å². The van der Waals surface area contributed by atoms with E-state index in [0.717, 1.165) is 6.54 Å². The molecule has 1 heterocycles. The average Bonchev–Trinajstić information content (AvgIpc) is 2.95. The highest BCUT2D eigenvalue weighted by molar-refractivity contribution is 5.06. The number of piperidine rings is 1. The van der Waals surface area contributed by atoms with Gasteiger partial charge in [0.2, 0.25) is 0 Å². The second-order valence-corrected chi connectivity index (χ2v) is 4.79. The van der Waals surface area contributed by atoms with E-state index < -0.39 is 0 Å². The molecule has 0 radical (unpaired) electrons. The fourth-order valence-electron chi connectivity index (χ4n) is 2.49. The van der Waals surface area contributed by atoms with Crippen LogP contribution in [0.15, 0.2) is 0 Å². The number of nitrogens with zero attached hydrogens (tertiary/aromatic N) is 1. The Morgan fingerprint density at radius 3 is 2.86 bits per heavy atom. The van der Waals surface area contributed by atoms with E-state index in [4.69, 9.17) is 5.73 Å². The Hall–Kier alpha value is -0.160. The third-order valence-electron chi connectivity index (χ3n) is 3.80. The maximum absolute atomic E-state index is 6.19. The molecule has 4 N–H and O–H groups in total. The molecule has 4 nitrogen and oxygen atoms in total. The first-order valence-corrected chi connectivity index (χ1v) is 5.58. The first-order chi connectivity index (χ1) is 6.67. The summed E-state index contributed by atoms with van der Waals surface area (Å²) in [6, 6.07) is 0. The molecule has 0 aromatic carbocycles. The van der Waals surface area contributed by atoms with E-state index in [1.807, 2.05) is 19.1 Å². The average molecular weight is 198 g/mol. The van der Waals surface area contributed by atoms with Gasteiger partial charge in [0.05, 0.1) is 6.17 Å². The van der Waals surface area contributed by atoms with Crippen LogP contribution >= 0.6 is 0 Å². The molecule has 2 rings (SSSR count). The molecule has 14 heavy (non-hydrogen) atoms. The third kappa shape index (κ3) is 1.93. The van der Waals surface area contributed by atoms with Gasteiger partial charge in [-0.3, -0.25) is 5.43 Å². The van der Waals surface area contributed by atoms with E-state index in [0.29, 0.717) is 11.5 Å². The van der Waals surface area contributed by atoms with Crippen molar-refractivity contribution in [2.45, 2.75) is 37.4 Å². The van der Waals surface area contributed by atoms with Crippen LogP contribution in [-0.2, 0) is 0 Å². The van der Waals surface area contributed by atoms with Crippen LogP contribution in [0.25, 0.3) is 0 Å². The highest BCUT2D eigenvalue weighted by Gasteiger charge is 2.47. The van der Waals surface area contributed by atoms with Crippen molar-refractivity contribution in [3.8, 4) is 0 Å². The Bertz CT molecular complexity index is 202. The van der Waals surface area contributed by atoms with Gasteiger partial charge in [0.15, 0.2) is 0 Å². The monoisotopic (exact) mass is 198 g/mol. The molecular weight excluding hydrogens is 176 g/mol.